The Morgan fingerprint density at radius 2 is 1.76 bits per heavy atom. The predicted octanol–water partition coefficient (Wildman–Crippen LogP) is 6.89. The molecule has 2 aromatic carbocycles. The third-order valence-electron chi connectivity index (χ3n) is 5.10. The van der Waals surface area contributed by atoms with Crippen molar-refractivity contribution in [3.63, 3.8) is 0 Å². The summed E-state index contributed by atoms with van der Waals surface area (Å²) in [7, 11) is 0. The van der Waals surface area contributed by atoms with Crippen LogP contribution < -0.4 is 10.2 Å². The van der Waals surface area contributed by atoms with Crippen LogP contribution in [0.15, 0.2) is 53.6 Å². The Morgan fingerprint density at radius 3 is 2.48 bits per heavy atom. The lowest BCUT2D eigenvalue weighted by molar-refractivity contribution is 0.0950. The molecule has 3 aromatic rings. The molecular formula is C25H28Cl2N4O2. The number of amides is 1. The maximum atomic E-state index is 12.4. The van der Waals surface area contributed by atoms with Gasteiger partial charge in [-0.15, -0.1) is 0 Å². The van der Waals surface area contributed by atoms with E-state index in [4.69, 9.17) is 27.9 Å². The second-order valence-electron chi connectivity index (χ2n) is 7.64. The lowest BCUT2D eigenvalue weighted by Gasteiger charge is -2.06. The van der Waals surface area contributed by atoms with Crippen LogP contribution >= 0.6 is 23.2 Å². The molecule has 1 heterocycles. The summed E-state index contributed by atoms with van der Waals surface area (Å²) in [4.78, 5) is 12.4. The molecule has 0 aliphatic rings. The first-order valence-corrected chi connectivity index (χ1v) is 11.9. The van der Waals surface area contributed by atoms with Crippen LogP contribution in [0, 0.1) is 0 Å². The summed E-state index contributed by atoms with van der Waals surface area (Å²) in [5.74, 6) is 0.403. The van der Waals surface area contributed by atoms with E-state index in [-0.39, 0.29) is 5.69 Å². The normalized spacial score (nSPS) is 11.1. The van der Waals surface area contributed by atoms with Crippen LogP contribution in [-0.2, 0) is 0 Å². The SMILES string of the molecule is CCCCCCCCOc1ccc(-c2cc(C(=O)N/N=C/c3c(Cl)cccc3Cl)[nH]n2)cc1. The predicted molar refractivity (Wildman–Crippen MR) is 134 cm³/mol. The van der Waals surface area contributed by atoms with E-state index in [0.717, 1.165) is 24.3 Å². The van der Waals surface area contributed by atoms with Crippen molar-refractivity contribution in [1.82, 2.24) is 15.6 Å². The highest BCUT2D eigenvalue weighted by Gasteiger charge is 2.11. The van der Waals surface area contributed by atoms with Gasteiger partial charge >= 0.3 is 0 Å². The lowest BCUT2D eigenvalue weighted by Crippen LogP contribution is -2.18. The van der Waals surface area contributed by atoms with Crippen molar-refractivity contribution < 1.29 is 9.53 Å². The largest absolute Gasteiger partial charge is 0.494 e. The average Bonchev–Trinajstić information content (AvgIpc) is 3.31. The molecule has 0 fully saturated rings. The van der Waals surface area contributed by atoms with Gasteiger partial charge in [-0.05, 0) is 48.9 Å². The van der Waals surface area contributed by atoms with Crippen molar-refractivity contribution in [2.45, 2.75) is 45.4 Å². The van der Waals surface area contributed by atoms with Crippen LogP contribution in [0.2, 0.25) is 10.0 Å². The number of unbranched alkanes of at least 4 members (excludes halogenated alkanes) is 5. The zero-order chi connectivity index (χ0) is 23.5. The van der Waals surface area contributed by atoms with Crippen molar-refractivity contribution >= 4 is 35.3 Å². The van der Waals surface area contributed by atoms with Gasteiger partial charge in [0, 0.05) is 11.1 Å². The number of hydrogen-bond acceptors (Lipinski definition) is 4. The number of carbonyl (C=O) groups is 1. The van der Waals surface area contributed by atoms with E-state index in [2.05, 4.69) is 27.6 Å². The molecule has 0 aliphatic heterocycles. The summed E-state index contributed by atoms with van der Waals surface area (Å²) in [5.41, 5.74) is 4.79. The Kier molecular flexibility index (Phi) is 9.78. The quantitative estimate of drug-likeness (QED) is 0.166. The van der Waals surface area contributed by atoms with Gasteiger partial charge in [-0.25, -0.2) is 5.43 Å². The third kappa shape index (κ3) is 7.62. The Morgan fingerprint density at radius 1 is 1.06 bits per heavy atom. The highest BCUT2D eigenvalue weighted by molar-refractivity contribution is 6.38. The monoisotopic (exact) mass is 486 g/mol. The van der Waals surface area contributed by atoms with E-state index in [1.807, 2.05) is 24.3 Å². The molecule has 6 nitrogen and oxygen atoms in total. The number of nitrogens with one attached hydrogen (secondary N) is 2. The standard InChI is InChI=1S/C25H28Cl2N4O2/c1-2-3-4-5-6-7-15-33-19-13-11-18(12-14-19)23-16-24(30-29-23)25(32)31-28-17-20-21(26)9-8-10-22(20)27/h8-14,16-17H,2-7,15H2,1H3,(H,29,30)(H,31,32)/b28-17+. The van der Waals surface area contributed by atoms with Crippen molar-refractivity contribution in [3.8, 4) is 17.0 Å². The molecule has 0 saturated heterocycles. The molecule has 0 radical (unpaired) electrons. The Hall–Kier alpha value is -2.83. The number of benzene rings is 2. The van der Waals surface area contributed by atoms with Crippen LogP contribution in [0.1, 0.15) is 61.5 Å². The number of carbonyl (C=O) groups excluding carboxylic acids is 1. The van der Waals surface area contributed by atoms with Crippen molar-refractivity contribution in [1.29, 1.82) is 0 Å². The number of hydrazone groups is 1. The molecule has 0 atom stereocenters. The van der Waals surface area contributed by atoms with E-state index < -0.39 is 5.91 Å². The second kappa shape index (κ2) is 13.0. The van der Waals surface area contributed by atoms with Crippen LogP contribution in [0.5, 0.6) is 5.75 Å². The first-order valence-electron chi connectivity index (χ1n) is 11.1. The van der Waals surface area contributed by atoms with Crippen LogP contribution in [-0.4, -0.2) is 28.9 Å². The molecular weight excluding hydrogens is 459 g/mol. The number of rotatable bonds is 12. The smallest absolute Gasteiger partial charge is 0.289 e. The minimum atomic E-state index is -0.424. The van der Waals surface area contributed by atoms with E-state index in [0.29, 0.717) is 21.3 Å². The van der Waals surface area contributed by atoms with Gasteiger partial charge in [-0.2, -0.15) is 10.2 Å². The van der Waals surface area contributed by atoms with Crippen LogP contribution in [0.25, 0.3) is 11.3 Å². The fourth-order valence-corrected chi connectivity index (χ4v) is 3.73. The first-order chi connectivity index (χ1) is 16.1. The molecule has 33 heavy (non-hydrogen) atoms. The summed E-state index contributed by atoms with van der Waals surface area (Å²) in [5, 5.41) is 11.8. The maximum Gasteiger partial charge on any atom is 0.289 e. The van der Waals surface area contributed by atoms with E-state index in [1.54, 1.807) is 24.3 Å². The molecule has 1 amide bonds. The number of aromatic nitrogens is 2. The number of ether oxygens (including phenoxy) is 1. The fourth-order valence-electron chi connectivity index (χ4n) is 3.23. The van der Waals surface area contributed by atoms with Gasteiger partial charge in [0.2, 0.25) is 0 Å². The van der Waals surface area contributed by atoms with Gasteiger partial charge in [-0.3, -0.25) is 9.89 Å². The highest BCUT2D eigenvalue weighted by atomic mass is 35.5. The number of halogens is 2. The first kappa shape index (κ1) is 24.8. The summed E-state index contributed by atoms with van der Waals surface area (Å²) >= 11 is 12.2. The van der Waals surface area contributed by atoms with Gasteiger partial charge in [0.25, 0.3) is 5.91 Å². The third-order valence-corrected chi connectivity index (χ3v) is 5.76. The molecule has 0 aliphatic carbocycles. The molecule has 8 heteroatoms. The van der Waals surface area contributed by atoms with E-state index in [1.165, 1.54) is 38.3 Å². The second-order valence-corrected chi connectivity index (χ2v) is 8.46. The van der Waals surface area contributed by atoms with E-state index in [9.17, 15) is 4.79 Å². The fraction of sp³-hybridized carbons (Fsp3) is 0.320. The van der Waals surface area contributed by atoms with Gasteiger partial charge in [-0.1, -0.05) is 68.3 Å². The molecule has 0 bridgehead atoms. The van der Waals surface area contributed by atoms with Gasteiger partial charge < -0.3 is 4.74 Å². The molecule has 0 unspecified atom stereocenters. The molecule has 1 aromatic heterocycles. The number of nitrogens with zero attached hydrogens (tertiary/aromatic N) is 2. The lowest BCUT2D eigenvalue weighted by atomic mass is 10.1. The van der Waals surface area contributed by atoms with Gasteiger partial charge in [0.05, 0.1) is 28.6 Å². The molecule has 174 valence electrons. The van der Waals surface area contributed by atoms with Gasteiger partial charge in [0.1, 0.15) is 11.4 Å². The summed E-state index contributed by atoms with van der Waals surface area (Å²) in [6.07, 6.45) is 8.81. The summed E-state index contributed by atoms with van der Waals surface area (Å²) in [6, 6.07) is 14.5. The van der Waals surface area contributed by atoms with Gasteiger partial charge in [0.15, 0.2) is 0 Å². The molecule has 2 N–H and O–H groups in total. The highest BCUT2D eigenvalue weighted by Crippen LogP contribution is 2.23. The Labute approximate surface area is 204 Å². The zero-order valence-corrected chi connectivity index (χ0v) is 20.1. The Balaban J connectivity index is 1.49. The summed E-state index contributed by atoms with van der Waals surface area (Å²) in [6.45, 7) is 2.94. The number of H-pyrrole nitrogens is 1. The average molecular weight is 487 g/mol. The van der Waals surface area contributed by atoms with Crippen molar-refractivity contribution in [2.24, 2.45) is 5.10 Å². The van der Waals surface area contributed by atoms with E-state index >= 15 is 0 Å². The van der Waals surface area contributed by atoms with Crippen molar-refractivity contribution in [3.05, 3.63) is 69.8 Å². The maximum absolute atomic E-state index is 12.4. The minimum absolute atomic E-state index is 0.288. The van der Waals surface area contributed by atoms with Crippen molar-refractivity contribution in [2.75, 3.05) is 6.61 Å². The number of hydrogen-bond donors (Lipinski definition) is 2. The zero-order valence-electron chi connectivity index (χ0n) is 18.6. The summed E-state index contributed by atoms with van der Waals surface area (Å²) < 4.78 is 5.82. The Bertz CT molecular complexity index is 1040. The molecule has 0 spiro atoms. The molecule has 3 rings (SSSR count). The van der Waals surface area contributed by atoms with Crippen LogP contribution in [0.3, 0.4) is 0 Å². The van der Waals surface area contributed by atoms with Crippen LogP contribution in [0.4, 0.5) is 0 Å². The molecule has 0 saturated carbocycles. The number of aromatic amines is 1. The topological polar surface area (TPSA) is 79.4 Å². The minimum Gasteiger partial charge on any atom is -0.494 e.